The topological polar surface area (TPSA) is 111 Å². The van der Waals surface area contributed by atoms with E-state index in [1.165, 1.54) is 60.7 Å². The normalized spacial score (nSPS) is 10.5. The quantitative estimate of drug-likeness (QED) is 0.223. The Hall–Kier alpha value is -4.81. The van der Waals surface area contributed by atoms with E-state index in [0.717, 1.165) is 0 Å². The van der Waals surface area contributed by atoms with Crippen molar-refractivity contribution in [3.63, 3.8) is 0 Å². The van der Waals surface area contributed by atoms with Gasteiger partial charge in [-0.3, -0.25) is 0 Å². The van der Waals surface area contributed by atoms with Gasteiger partial charge < -0.3 is 9.47 Å². The molecule has 4 rings (SSSR count). The largest absolute Gasteiger partial charge is 0.457 e. The number of sulfone groups is 1. The third kappa shape index (κ3) is 5.76. The highest BCUT2D eigenvalue weighted by atomic mass is 32.2. The standard InChI is InChI=1S/C26H16N2O6S/c29-17-27-19-3-1-5-23(15-19)33-21-7-11-25(12-8-21)35(31,32)26-13-9-22(10-14-26)34-24-6-2-4-20(16-24)28-18-30/h1-16H. The Bertz CT molecular complexity index is 1440. The fraction of sp³-hybridized carbons (Fsp3) is 0. The molecule has 0 heterocycles. The summed E-state index contributed by atoms with van der Waals surface area (Å²) in [5, 5.41) is 0. The maximum absolute atomic E-state index is 13.0. The summed E-state index contributed by atoms with van der Waals surface area (Å²) in [6.07, 6.45) is 2.93. The van der Waals surface area contributed by atoms with Gasteiger partial charge in [-0.2, -0.15) is 9.98 Å². The highest BCUT2D eigenvalue weighted by Gasteiger charge is 2.18. The summed E-state index contributed by atoms with van der Waals surface area (Å²) in [5.74, 6) is 1.72. The van der Waals surface area contributed by atoms with Crippen LogP contribution in [0.3, 0.4) is 0 Å². The highest BCUT2D eigenvalue weighted by molar-refractivity contribution is 7.91. The molecule has 0 N–H and O–H groups in total. The monoisotopic (exact) mass is 484 g/mol. The lowest BCUT2D eigenvalue weighted by Gasteiger charge is -2.09. The Kier molecular flexibility index (Phi) is 6.95. The van der Waals surface area contributed by atoms with E-state index in [1.807, 2.05) is 0 Å². The average molecular weight is 484 g/mol. The Morgan fingerprint density at radius 2 is 0.943 bits per heavy atom. The second-order valence-electron chi connectivity index (χ2n) is 7.05. The van der Waals surface area contributed by atoms with Gasteiger partial charge >= 0.3 is 0 Å². The number of isocyanates is 2. The van der Waals surface area contributed by atoms with E-state index >= 15 is 0 Å². The minimum atomic E-state index is -3.77. The van der Waals surface area contributed by atoms with Crippen molar-refractivity contribution in [2.75, 3.05) is 0 Å². The molecule has 0 saturated heterocycles. The summed E-state index contributed by atoms with van der Waals surface area (Å²) in [7, 11) is -3.77. The maximum Gasteiger partial charge on any atom is 0.240 e. The first kappa shape index (κ1) is 23.4. The van der Waals surface area contributed by atoms with Gasteiger partial charge in [0.25, 0.3) is 0 Å². The van der Waals surface area contributed by atoms with Crippen LogP contribution >= 0.6 is 0 Å². The molecular formula is C26H16N2O6S. The van der Waals surface area contributed by atoms with Crippen LogP contribution in [0.15, 0.2) is 117 Å². The molecule has 0 aliphatic rings. The molecule has 0 unspecified atom stereocenters. The van der Waals surface area contributed by atoms with Gasteiger partial charge in [-0.15, -0.1) is 0 Å². The fourth-order valence-corrected chi connectivity index (χ4v) is 4.38. The summed E-state index contributed by atoms with van der Waals surface area (Å²) < 4.78 is 37.5. The van der Waals surface area contributed by atoms with E-state index in [9.17, 15) is 18.0 Å². The molecule has 0 saturated carbocycles. The van der Waals surface area contributed by atoms with Gasteiger partial charge in [-0.1, -0.05) is 12.1 Å². The summed E-state index contributed by atoms with van der Waals surface area (Å²) in [6.45, 7) is 0. The number of benzene rings is 4. The van der Waals surface area contributed by atoms with Gasteiger partial charge in [0.2, 0.25) is 22.0 Å². The third-order valence-electron chi connectivity index (χ3n) is 4.72. The number of nitrogens with zero attached hydrogens (tertiary/aromatic N) is 2. The van der Waals surface area contributed by atoms with E-state index in [0.29, 0.717) is 34.4 Å². The number of carbonyl (C=O) groups excluding carboxylic acids is 2. The minimum absolute atomic E-state index is 0.0947. The molecular weight excluding hydrogens is 468 g/mol. The maximum atomic E-state index is 13.0. The van der Waals surface area contributed by atoms with E-state index in [-0.39, 0.29) is 9.79 Å². The number of hydrogen-bond donors (Lipinski definition) is 0. The van der Waals surface area contributed by atoms with E-state index in [4.69, 9.17) is 9.47 Å². The van der Waals surface area contributed by atoms with E-state index in [2.05, 4.69) is 9.98 Å². The molecule has 172 valence electrons. The van der Waals surface area contributed by atoms with Gasteiger partial charge in [-0.05, 0) is 72.8 Å². The molecule has 0 atom stereocenters. The predicted molar refractivity (Wildman–Crippen MR) is 127 cm³/mol. The third-order valence-corrected chi connectivity index (χ3v) is 6.51. The molecule has 0 radical (unpaired) electrons. The van der Waals surface area contributed by atoms with Crippen molar-refractivity contribution in [1.29, 1.82) is 0 Å². The zero-order chi connectivity index (χ0) is 24.7. The van der Waals surface area contributed by atoms with Crippen molar-refractivity contribution in [2.45, 2.75) is 9.79 Å². The van der Waals surface area contributed by atoms with Crippen molar-refractivity contribution in [1.82, 2.24) is 0 Å². The number of aliphatic imine (C=N–C) groups is 2. The van der Waals surface area contributed by atoms with Gasteiger partial charge in [0, 0.05) is 12.1 Å². The molecule has 0 aromatic heterocycles. The molecule has 0 spiro atoms. The van der Waals surface area contributed by atoms with Crippen LogP contribution in [0.2, 0.25) is 0 Å². The first-order valence-electron chi connectivity index (χ1n) is 10.1. The zero-order valence-electron chi connectivity index (χ0n) is 18.0. The molecule has 8 nitrogen and oxygen atoms in total. The summed E-state index contributed by atoms with van der Waals surface area (Å²) in [6, 6.07) is 25.0. The predicted octanol–water partition coefficient (Wildman–Crippen LogP) is 6.04. The highest BCUT2D eigenvalue weighted by Crippen LogP contribution is 2.30. The molecule has 0 aliphatic carbocycles. The van der Waals surface area contributed by atoms with Crippen molar-refractivity contribution in [2.24, 2.45) is 9.98 Å². The van der Waals surface area contributed by atoms with Crippen LogP contribution in [0.5, 0.6) is 23.0 Å². The number of ether oxygens (including phenoxy) is 2. The van der Waals surface area contributed by atoms with Crippen molar-refractivity contribution in [3.8, 4) is 23.0 Å². The Balaban J connectivity index is 1.48. The smallest absolute Gasteiger partial charge is 0.240 e. The lowest BCUT2D eigenvalue weighted by atomic mass is 10.3. The molecule has 35 heavy (non-hydrogen) atoms. The summed E-state index contributed by atoms with van der Waals surface area (Å²) >= 11 is 0. The van der Waals surface area contributed by atoms with Gasteiger partial charge in [0.1, 0.15) is 23.0 Å². The molecule has 0 amide bonds. The van der Waals surface area contributed by atoms with Crippen LogP contribution in [-0.4, -0.2) is 20.6 Å². The molecule has 0 fully saturated rings. The second-order valence-corrected chi connectivity index (χ2v) is 9.00. The van der Waals surface area contributed by atoms with Crippen LogP contribution in [0, 0.1) is 0 Å². The van der Waals surface area contributed by atoms with E-state index in [1.54, 1.807) is 48.5 Å². The minimum Gasteiger partial charge on any atom is -0.457 e. The van der Waals surface area contributed by atoms with Gasteiger partial charge in [0.05, 0.1) is 21.2 Å². The fourth-order valence-electron chi connectivity index (χ4n) is 3.12. The summed E-state index contributed by atoms with van der Waals surface area (Å²) in [5.41, 5.74) is 0.789. The molecule has 4 aromatic carbocycles. The van der Waals surface area contributed by atoms with Crippen molar-refractivity contribution >= 4 is 33.4 Å². The molecule has 9 heteroatoms. The van der Waals surface area contributed by atoms with Gasteiger partial charge in [0.15, 0.2) is 0 Å². The lowest BCUT2D eigenvalue weighted by Crippen LogP contribution is -2.01. The summed E-state index contributed by atoms with van der Waals surface area (Å²) in [4.78, 5) is 28.1. The van der Waals surface area contributed by atoms with Gasteiger partial charge in [-0.25, -0.2) is 18.0 Å². The molecule has 0 bridgehead atoms. The Morgan fingerprint density at radius 1 is 0.543 bits per heavy atom. The Labute approximate surface area is 200 Å². The molecule has 4 aromatic rings. The average Bonchev–Trinajstić information content (AvgIpc) is 2.86. The van der Waals surface area contributed by atoms with Crippen molar-refractivity contribution < 1.29 is 27.5 Å². The zero-order valence-corrected chi connectivity index (χ0v) is 18.8. The van der Waals surface area contributed by atoms with E-state index < -0.39 is 9.84 Å². The lowest BCUT2D eigenvalue weighted by molar-refractivity contribution is 0.482. The number of hydrogen-bond acceptors (Lipinski definition) is 8. The second kappa shape index (κ2) is 10.4. The van der Waals surface area contributed by atoms with Crippen LogP contribution in [-0.2, 0) is 19.4 Å². The van der Waals surface area contributed by atoms with Crippen LogP contribution in [0.25, 0.3) is 0 Å². The first-order chi connectivity index (χ1) is 17.0. The number of rotatable bonds is 8. The van der Waals surface area contributed by atoms with Crippen LogP contribution in [0.1, 0.15) is 0 Å². The SMILES string of the molecule is O=C=Nc1cccc(Oc2ccc(S(=O)(=O)c3ccc(Oc4cccc(N=C=O)c4)cc3)cc2)c1. The first-order valence-corrected chi connectivity index (χ1v) is 11.6. The molecule has 0 aliphatic heterocycles. The Morgan fingerprint density at radius 3 is 1.31 bits per heavy atom. The van der Waals surface area contributed by atoms with Crippen LogP contribution in [0.4, 0.5) is 11.4 Å². The van der Waals surface area contributed by atoms with Crippen LogP contribution < -0.4 is 9.47 Å². The van der Waals surface area contributed by atoms with Crippen molar-refractivity contribution in [3.05, 3.63) is 97.1 Å².